The number of likely N-dealkylation sites (tertiary alicyclic amines) is 1. The van der Waals surface area contributed by atoms with Gasteiger partial charge in [0.05, 0.1) is 0 Å². The van der Waals surface area contributed by atoms with Crippen molar-refractivity contribution in [3.8, 4) is 16.9 Å². The van der Waals surface area contributed by atoms with E-state index in [0.717, 1.165) is 34.3 Å². The van der Waals surface area contributed by atoms with E-state index in [9.17, 15) is 14.8 Å². The first-order valence-corrected chi connectivity index (χ1v) is 12.8. The van der Waals surface area contributed by atoms with E-state index in [0.29, 0.717) is 25.4 Å². The quantitative estimate of drug-likeness (QED) is 0.373. The highest BCUT2D eigenvalue weighted by molar-refractivity contribution is 6.08. The van der Waals surface area contributed by atoms with Crippen LogP contribution in [0.15, 0.2) is 79.1 Å². The van der Waals surface area contributed by atoms with Gasteiger partial charge >= 0.3 is 0 Å². The Morgan fingerprint density at radius 1 is 1.11 bits per heavy atom. The van der Waals surface area contributed by atoms with Gasteiger partial charge in [-0.05, 0) is 61.1 Å². The second-order valence-corrected chi connectivity index (χ2v) is 9.97. The van der Waals surface area contributed by atoms with Crippen LogP contribution in [0.2, 0.25) is 0 Å². The molecule has 9 nitrogen and oxygen atoms in total. The third kappa shape index (κ3) is 5.18. The highest BCUT2D eigenvalue weighted by Crippen LogP contribution is 2.32. The predicted octanol–water partition coefficient (Wildman–Crippen LogP) is 2.89. The average Bonchev–Trinajstić information content (AvgIpc) is 3.16. The van der Waals surface area contributed by atoms with Crippen molar-refractivity contribution in [2.45, 2.75) is 25.3 Å². The molecule has 5 rings (SSSR count). The molecule has 196 valence electrons. The number of piperidine rings is 1. The lowest BCUT2D eigenvalue weighted by Crippen LogP contribution is -2.45. The van der Waals surface area contributed by atoms with Crippen LogP contribution in [0.1, 0.15) is 25.3 Å². The SMILES string of the molecule is CC1(c2cccc(-c3ccc[n+]([O-])c3)c2)NC(=N)N(CC2CCN(C(=O)COc3ccccc3)CC2)C1=O. The van der Waals surface area contributed by atoms with Crippen LogP contribution in [0.25, 0.3) is 11.1 Å². The Kier molecular flexibility index (Phi) is 7.00. The normalized spacial score (nSPS) is 19.9. The number of benzene rings is 2. The number of ether oxygens (including phenoxy) is 1. The molecule has 2 amide bonds. The van der Waals surface area contributed by atoms with Gasteiger partial charge in [0.25, 0.3) is 11.8 Å². The summed E-state index contributed by atoms with van der Waals surface area (Å²) >= 11 is 0. The number of nitrogens with one attached hydrogen (secondary N) is 2. The summed E-state index contributed by atoms with van der Waals surface area (Å²) in [5.41, 5.74) is 1.22. The van der Waals surface area contributed by atoms with Crippen LogP contribution in [0.3, 0.4) is 0 Å². The van der Waals surface area contributed by atoms with Crippen molar-refractivity contribution in [3.63, 3.8) is 0 Å². The highest BCUT2D eigenvalue weighted by Gasteiger charge is 2.47. The Morgan fingerprint density at radius 3 is 2.58 bits per heavy atom. The van der Waals surface area contributed by atoms with Gasteiger partial charge in [0.1, 0.15) is 11.3 Å². The second kappa shape index (κ2) is 10.5. The van der Waals surface area contributed by atoms with E-state index in [1.165, 1.54) is 17.3 Å². The minimum Gasteiger partial charge on any atom is -0.619 e. The number of hydrogen-bond donors (Lipinski definition) is 2. The maximum absolute atomic E-state index is 13.6. The van der Waals surface area contributed by atoms with Gasteiger partial charge < -0.3 is 20.2 Å². The van der Waals surface area contributed by atoms with Crippen molar-refractivity contribution in [1.29, 1.82) is 5.41 Å². The molecule has 1 unspecified atom stereocenters. The molecule has 1 atom stereocenters. The van der Waals surface area contributed by atoms with E-state index >= 15 is 0 Å². The Labute approximate surface area is 221 Å². The van der Waals surface area contributed by atoms with Crippen molar-refractivity contribution >= 4 is 17.8 Å². The van der Waals surface area contributed by atoms with Crippen LogP contribution < -0.4 is 14.8 Å². The molecule has 0 spiro atoms. The summed E-state index contributed by atoms with van der Waals surface area (Å²) in [5.74, 6) is 0.704. The lowest BCUT2D eigenvalue weighted by atomic mass is 9.89. The number of nitrogens with zero attached hydrogens (tertiary/aromatic N) is 3. The van der Waals surface area contributed by atoms with E-state index in [4.69, 9.17) is 10.1 Å². The zero-order valence-electron chi connectivity index (χ0n) is 21.3. The van der Waals surface area contributed by atoms with Crippen molar-refractivity contribution in [2.75, 3.05) is 26.2 Å². The zero-order chi connectivity index (χ0) is 26.7. The Balaban J connectivity index is 1.19. The third-order valence-electron chi connectivity index (χ3n) is 7.37. The molecule has 2 aliphatic heterocycles. The lowest BCUT2D eigenvalue weighted by Gasteiger charge is -2.33. The number of para-hydroxylation sites is 1. The fraction of sp³-hybridized carbons (Fsp3) is 0.310. The Hall–Kier alpha value is -4.40. The highest BCUT2D eigenvalue weighted by atomic mass is 16.5. The molecular formula is C29H31N5O4. The Bertz CT molecular complexity index is 1340. The molecule has 2 fully saturated rings. The monoisotopic (exact) mass is 513 g/mol. The number of guanidine groups is 1. The molecule has 0 radical (unpaired) electrons. The minimum absolute atomic E-state index is 0.00305. The van der Waals surface area contributed by atoms with Crippen molar-refractivity contribution < 1.29 is 19.1 Å². The molecule has 2 aromatic carbocycles. The summed E-state index contributed by atoms with van der Waals surface area (Å²) in [4.78, 5) is 29.5. The smallest absolute Gasteiger partial charge is 0.260 e. The van der Waals surface area contributed by atoms with Crippen LogP contribution in [0.5, 0.6) is 5.75 Å². The van der Waals surface area contributed by atoms with Gasteiger partial charge in [-0.2, -0.15) is 4.73 Å². The van der Waals surface area contributed by atoms with Crippen molar-refractivity contribution in [1.82, 2.24) is 15.1 Å². The van der Waals surface area contributed by atoms with Gasteiger partial charge in [-0.3, -0.25) is 19.9 Å². The largest absolute Gasteiger partial charge is 0.619 e. The van der Waals surface area contributed by atoms with E-state index in [2.05, 4.69) is 5.32 Å². The number of carbonyl (C=O) groups excluding carboxylic acids is 2. The zero-order valence-corrected chi connectivity index (χ0v) is 21.3. The van der Waals surface area contributed by atoms with Crippen LogP contribution in [-0.2, 0) is 15.1 Å². The summed E-state index contributed by atoms with van der Waals surface area (Å²) in [5, 5.41) is 23.3. The summed E-state index contributed by atoms with van der Waals surface area (Å²) in [7, 11) is 0. The average molecular weight is 514 g/mol. The molecule has 0 bridgehead atoms. The molecule has 0 saturated carbocycles. The van der Waals surface area contributed by atoms with E-state index in [1.54, 1.807) is 17.9 Å². The fourth-order valence-electron chi connectivity index (χ4n) is 5.11. The molecule has 0 aliphatic carbocycles. The maximum atomic E-state index is 13.6. The van der Waals surface area contributed by atoms with Gasteiger partial charge in [-0.15, -0.1) is 0 Å². The van der Waals surface area contributed by atoms with Crippen LogP contribution in [0, 0.1) is 16.5 Å². The molecule has 38 heavy (non-hydrogen) atoms. The second-order valence-electron chi connectivity index (χ2n) is 9.97. The van der Waals surface area contributed by atoms with Gasteiger partial charge in [-0.1, -0.05) is 36.4 Å². The summed E-state index contributed by atoms with van der Waals surface area (Å²) in [6.07, 6.45) is 4.42. The van der Waals surface area contributed by atoms with Crippen molar-refractivity contribution in [2.24, 2.45) is 5.92 Å². The summed E-state index contributed by atoms with van der Waals surface area (Å²) < 4.78 is 6.34. The molecule has 3 heterocycles. The molecular weight excluding hydrogens is 482 g/mol. The third-order valence-corrected chi connectivity index (χ3v) is 7.37. The van der Waals surface area contributed by atoms with Gasteiger partial charge in [-0.25, -0.2) is 0 Å². The number of aromatic nitrogens is 1. The van der Waals surface area contributed by atoms with Crippen LogP contribution in [-0.4, -0.2) is 53.8 Å². The molecule has 1 aromatic heterocycles. The number of hydrogen-bond acceptors (Lipinski definition) is 5. The number of amides is 2. The number of carbonyl (C=O) groups is 2. The minimum atomic E-state index is -1.08. The first-order valence-electron chi connectivity index (χ1n) is 12.8. The van der Waals surface area contributed by atoms with Gasteiger partial charge in [0.2, 0.25) is 0 Å². The summed E-state index contributed by atoms with van der Waals surface area (Å²) in [6, 6.07) is 20.3. The van der Waals surface area contributed by atoms with E-state index < -0.39 is 5.54 Å². The molecule has 2 N–H and O–H groups in total. The van der Waals surface area contributed by atoms with Crippen LogP contribution in [0.4, 0.5) is 0 Å². The van der Waals surface area contributed by atoms with Crippen LogP contribution >= 0.6 is 0 Å². The molecule has 9 heteroatoms. The van der Waals surface area contributed by atoms with E-state index in [1.807, 2.05) is 60.7 Å². The van der Waals surface area contributed by atoms with Gasteiger partial charge in [0, 0.05) is 31.3 Å². The van der Waals surface area contributed by atoms with Gasteiger partial charge in [0.15, 0.2) is 25.0 Å². The molecule has 3 aromatic rings. The number of pyridine rings is 1. The Morgan fingerprint density at radius 2 is 1.84 bits per heavy atom. The van der Waals surface area contributed by atoms with E-state index in [-0.39, 0.29) is 30.3 Å². The molecule has 2 aliphatic rings. The standard InChI is InChI=1S/C29H31N5O4/c1-29(24-9-5-7-22(17-24)23-8-6-14-33(37)19-23)27(36)34(28(30)31-29)18-21-12-15-32(16-13-21)26(35)20-38-25-10-3-2-4-11-25/h2-11,14,17,19,21H,12-13,15-16,18,20H2,1H3,(H2,30,31). The molecule has 2 saturated heterocycles. The summed E-state index contributed by atoms with van der Waals surface area (Å²) in [6.45, 7) is 3.41. The number of rotatable bonds is 7. The maximum Gasteiger partial charge on any atom is 0.260 e. The first kappa shape index (κ1) is 25.3. The van der Waals surface area contributed by atoms with Crippen molar-refractivity contribution in [3.05, 3.63) is 89.9 Å². The topological polar surface area (TPSA) is 113 Å². The first-order chi connectivity index (χ1) is 18.3. The lowest BCUT2D eigenvalue weighted by molar-refractivity contribution is -0.604. The predicted molar refractivity (Wildman–Crippen MR) is 142 cm³/mol. The fourth-order valence-corrected chi connectivity index (χ4v) is 5.11.